The summed E-state index contributed by atoms with van der Waals surface area (Å²) in [6.07, 6.45) is 3.11. The summed E-state index contributed by atoms with van der Waals surface area (Å²) in [4.78, 5) is 2.17. The quantitative estimate of drug-likeness (QED) is 0.699. The summed E-state index contributed by atoms with van der Waals surface area (Å²) in [5.41, 5.74) is 7.88. The van der Waals surface area contributed by atoms with E-state index in [0.717, 1.165) is 37.1 Å². The summed E-state index contributed by atoms with van der Waals surface area (Å²) in [5.74, 6) is -0.0914. The third-order valence-corrected chi connectivity index (χ3v) is 3.55. The minimum Gasteiger partial charge on any atom is -0.364 e. The molecule has 0 radical (unpaired) electrons. The minimum absolute atomic E-state index is 0.0914. The highest BCUT2D eigenvalue weighted by Crippen LogP contribution is 2.37. The molecule has 3 heteroatoms. The summed E-state index contributed by atoms with van der Waals surface area (Å²) in [7, 11) is 0. The minimum atomic E-state index is -0.0914. The van der Waals surface area contributed by atoms with Crippen molar-refractivity contribution in [2.75, 3.05) is 11.4 Å². The Labute approximate surface area is 88.9 Å². The van der Waals surface area contributed by atoms with E-state index in [0.29, 0.717) is 6.04 Å². The fourth-order valence-corrected chi connectivity index (χ4v) is 2.91. The molecule has 3 rings (SSSR count). The molecule has 80 valence electrons. The molecule has 2 atom stereocenters. The lowest BCUT2D eigenvalue weighted by Crippen LogP contribution is -2.35. The number of nitrogens with two attached hydrogens (primary N) is 1. The van der Waals surface area contributed by atoms with Crippen molar-refractivity contribution in [1.82, 2.24) is 0 Å². The summed E-state index contributed by atoms with van der Waals surface area (Å²) >= 11 is 0. The van der Waals surface area contributed by atoms with Gasteiger partial charge in [-0.2, -0.15) is 0 Å². The van der Waals surface area contributed by atoms with Crippen LogP contribution >= 0.6 is 0 Å². The number of aryl methyl sites for hydroxylation is 1. The van der Waals surface area contributed by atoms with E-state index < -0.39 is 0 Å². The largest absolute Gasteiger partial charge is 0.364 e. The van der Waals surface area contributed by atoms with Crippen molar-refractivity contribution >= 4 is 5.69 Å². The molecule has 0 saturated carbocycles. The maximum absolute atomic E-state index is 13.8. The first-order valence-electron chi connectivity index (χ1n) is 5.55. The molecule has 2 N–H and O–H groups in total. The van der Waals surface area contributed by atoms with E-state index in [2.05, 4.69) is 4.90 Å². The second kappa shape index (κ2) is 3.20. The van der Waals surface area contributed by atoms with E-state index >= 15 is 0 Å². The van der Waals surface area contributed by atoms with Gasteiger partial charge in [-0.15, -0.1) is 0 Å². The van der Waals surface area contributed by atoms with E-state index in [1.54, 1.807) is 12.1 Å². The van der Waals surface area contributed by atoms with Crippen molar-refractivity contribution in [2.45, 2.75) is 31.3 Å². The first-order chi connectivity index (χ1) is 7.25. The summed E-state index contributed by atoms with van der Waals surface area (Å²) < 4.78 is 13.8. The first-order valence-corrected chi connectivity index (χ1v) is 5.55. The Balaban J connectivity index is 2.07. The van der Waals surface area contributed by atoms with E-state index in [-0.39, 0.29) is 11.9 Å². The average molecular weight is 206 g/mol. The Bertz CT molecular complexity index is 391. The molecule has 1 fully saturated rings. The van der Waals surface area contributed by atoms with Crippen LogP contribution in [0.15, 0.2) is 18.2 Å². The topological polar surface area (TPSA) is 29.3 Å². The summed E-state index contributed by atoms with van der Waals surface area (Å²) in [6, 6.07) is 6.04. The molecule has 2 nitrogen and oxygen atoms in total. The highest BCUT2D eigenvalue weighted by molar-refractivity contribution is 5.58. The molecular formula is C12H15FN2. The lowest BCUT2D eigenvalue weighted by Gasteiger charge is -2.33. The van der Waals surface area contributed by atoms with E-state index in [4.69, 9.17) is 5.73 Å². The zero-order valence-electron chi connectivity index (χ0n) is 8.62. The molecule has 15 heavy (non-hydrogen) atoms. The van der Waals surface area contributed by atoms with Crippen LogP contribution in [0.2, 0.25) is 0 Å². The number of hydrogen-bond donors (Lipinski definition) is 1. The molecule has 1 aromatic carbocycles. The van der Waals surface area contributed by atoms with Crippen LogP contribution in [0, 0.1) is 5.82 Å². The highest BCUT2D eigenvalue weighted by Gasteiger charge is 2.35. The van der Waals surface area contributed by atoms with Crippen LogP contribution in [0.1, 0.15) is 18.4 Å². The average Bonchev–Trinajstić information content (AvgIpc) is 2.58. The molecule has 1 aromatic rings. The Morgan fingerprint density at radius 3 is 3.13 bits per heavy atom. The predicted octanol–water partition coefficient (Wildman–Crippen LogP) is 1.68. The van der Waals surface area contributed by atoms with Gasteiger partial charge >= 0.3 is 0 Å². The van der Waals surface area contributed by atoms with Gasteiger partial charge in [0.1, 0.15) is 5.82 Å². The van der Waals surface area contributed by atoms with E-state index in [1.165, 1.54) is 0 Å². The molecule has 2 aliphatic heterocycles. The maximum Gasteiger partial charge on any atom is 0.146 e. The lowest BCUT2D eigenvalue weighted by molar-refractivity contribution is 0.550. The van der Waals surface area contributed by atoms with Gasteiger partial charge in [-0.1, -0.05) is 12.1 Å². The Kier molecular flexibility index (Phi) is 1.96. The lowest BCUT2D eigenvalue weighted by atomic mass is 9.96. The van der Waals surface area contributed by atoms with Crippen LogP contribution in [0.3, 0.4) is 0 Å². The Hall–Kier alpha value is -1.09. The molecule has 0 aliphatic carbocycles. The highest BCUT2D eigenvalue weighted by atomic mass is 19.1. The van der Waals surface area contributed by atoms with Gasteiger partial charge in [0.15, 0.2) is 0 Å². The zero-order valence-corrected chi connectivity index (χ0v) is 8.62. The van der Waals surface area contributed by atoms with Gasteiger partial charge in [0.25, 0.3) is 0 Å². The first kappa shape index (κ1) is 9.16. The molecule has 0 bridgehead atoms. The molecule has 0 spiro atoms. The van der Waals surface area contributed by atoms with Crippen LogP contribution in [0.5, 0.6) is 0 Å². The van der Waals surface area contributed by atoms with Crippen molar-refractivity contribution in [3.8, 4) is 0 Å². The van der Waals surface area contributed by atoms with Crippen molar-refractivity contribution in [3.63, 3.8) is 0 Å². The van der Waals surface area contributed by atoms with Gasteiger partial charge in [0.05, 0.1) is 5.69 Å². The van der Waals surface area contributed by atoms with Gasteiger partial charge in [0.2, 0.25) is 0 Å². The van der Waals surface area contributed by atoms with Gasteiger partial charge in [0, 0.05) is 18.6 Å². The standard InChI is InChI=1S/C12H15FN2/c13-11-3-1-2-8-4-5-10-6-9(14)7-15(10)12(8)11/h1-3,9-10H,4-7,14H2. The van der Waals surface area contributed by atoms with Gasteiger partial charge < -0.3 is 10.6 Å². The van der Waals surface area contributed by atoms with Crippen LogP contribution in [0.25, 0.3) is 0 Å². The zero-order chi connectivity index (χ0) is 10.4. The van der Waals surface area contributed by atoms with E-state index in [1.807, 2.05) is 6.07 Å². The molecule has 0 aromatic heterocycles. The summed E-state index contributed by atoms with van der Waals surface area (Å²) in [6.45, 7) is 0.804. The SMILES string of the molecule is NC1CC2CCc3cccc(F)c3N2C1. The Morgan fingerprint density at radius 1 is 1.40 bits per heavy atom. The second-order valence-corrected chi connectivity index (χ2v) is 4.59. The number of para-hydroxylation sites is 1. The molecule has 2 unspecified atom stereocenters. The molecule has 0 amide bonds. The molecule has 2 aliphatic rings. The fraction of sp³-hybridized carbons (Fsp3) is 0.500. The third kappa shape index (κ3) is 1.34. The van der Waals surface area contributed by atoms with Crippen LogP contribution in [-0.2, 0) is 6.42 Å². The molecule has 1 saturated heterocycles. The number of benzene rings is 1. The van der Waals surface area contributed by atoms with Crippen LogP contribution in [-0.4, -0.2) is 18.6 Å². The Morgan fingerprint density at radius 2 is 2.27 bits per heavy atom. The predicted molar refractivity (Wildman–Crippen MR) is 58.4 cm³/mol. The van der Waals surface area contributed by atoms with Gasteiger partial charge in [-0.05, 0) is 30.9 Å². The van der Waals surface area contributed by atoms with E-state index in [9.17, 15) is 4.39 Å². The van der Waals surface area contributed by atoms with Gasteiger partial charge in [-0.3, -0.25) is 0 Å². The molecule has 2 heterocycles. The van der Waals surface area contributed by atoms with Gasteiger partial charge in [-0.25, -0.2) is 4.39 Å². The molecular weight excluding hydrogens is 191 g/mol. The smallest absolute Gasteiger partial charge is 0.146 e. The number of rotatable bonds is 0. The monoisotopic (exact) mass is 206 g/mol. The van der Waals surface area contributed by atoms with Crippen molar-refractivity contribution < 1.29 is 4.39 Å². The number of hydrogen-bond acceptors (Lipinski definition) is 2. The fourth-order valence-electron chi connectivity index (χ4n) is 2.91. The number of nitrogens with zero attached hydrogens (tertiary/aromatic N) is 1. The third-order valence-electron chi connectivity index (χ3n) is 3.55. The number of halogens is 1. The summed E-state index contributed by atoms with van der Waals surface area (Å²) in [5, 5.41) is 0. The van der Waals surface area contributed by atoms with Crippen LogP contribution < -0.4 is 10.6 Å². The van der Waals surface area contributed by atoms with Crippen LogP contribution in [0.4, 0.5) is 10.1 Å². The van der Waals surface area contributed by atoms with Crippen molar-refractivity contribution in [2.24, 2.45) is 5.73 Å². The van der Waals surface area contributed by atoms with Crippen molar-refractivity contribution in [1.29, 1.82) is 0 Å². The second-order valence-electron chi connectivity index (χ2n) is 4.59. The number of fused-ring (bicyclic) bond motifs is 3. The normalized spacial score (nSPS) is 28.8. The number of anilines is 1. The van der Waals surface area contributed by atoms with Crippen molar-refractivity contribution in [3.05, 3.63) is 29.6 Å². The maximum atomic E-state index is 13.8.